The zero-order chi connectivity index (χ0) is 31.9. The van der Waals surface area contributed by atoms with Crippen molar-refractivity contribution in [1.82, 2.24) is 15.2 Å². The molecule has 2 aromatic heterocycles. The molecule has 4 rings (SSSR count). The van der Waals surface area contributed by atoms with Gasteiger partial charge in [-0.2, -0.15) is 0 Å². The molecule has 0 spiro atoms. The molecule has 0 unspecified atom stereocenters. The number of rotatable bonds is 12. The first-order chi connectivity index (χ1) is 21.0. The van der Waals surface area contributed by atoms with E-state index >= 15 is 0 Å². The summed E-state index contributed by atoms with van der Waals surface area (Å²) < 4.78 is 16.0. The van der Waals surface area contributed by atoms with Crippen LogP contribution in [0.1, 0.15) is 48.1 Å². The second-order valence-corrected chi connectivity index (χ2v) is 12.5. The molecule has 0 saturated heterocycles. The summed E-state index contributed by atoms with van der Waals surface area (Å²) in [4.78, 5) is 44.8. The number of aryl methyl sites for hydroxylation is 1. The van der Waals surface area contributed by atoms with Gasteiger partial charge in [0.05, 0.1) is 14.2 Å². The van der Waals surface area contributed by atoms with Crippen LogP contribution in [0.15, 0.2) is 60.0 Å². The monoisotopic (exact) mass is 620 g/mol. The van der Waals surface area contributed by atoms with Gasteiger partial charge in [-0.15, -0.1) is 11.3 Å². The molecule has 10 nitrogen and oxygen atoms in total. The number of aromatic amines is 1. The van der Waals surface area contributed by atoms with E-state index in [1.807, 2.05) is 35.7 Å². The van der Waals surface area contributed by atoms with Gasteiger partial charge in [0.25, 0.3) is 5.91 Å². The molecule has 234 valence electrons. The van der Waals surface area contributed by atoms with Crippen molar-refractivity contribution >= 4 is 45.8 Å². The van der Waals surface area contributed by atoms with Crippen LogP contribution in [0.2, 0.25) is 0 Å². The van der Waals surface area contributed by atoms with Crippen LogP contribution in [0.3, 0.4) is 0 Å². The van der Waals surface area contributed by atoms with Gasteiger partial charge in [-0.05, 0) is 81.5 Å². The van der Waals surface area contributed by atoms with Crippen molar-refractivity contribution in [2.24, 2.45) is 0 Å². The van der Waals surface area contributed by atoms with Crippen molar-refractivity contribution in [2.45, 2.75) is 51.7 Å². The number of anilines is 1. The van der Waals surface area contributed by atoms with Gasteiger partial charge in [-0.1, -0.05) is 6.07 Å². The number of alkyl carbamates (subject to hydrolysis) is 1. The maximum Gasteiger partial charge on any atom is 0.408 e. The Morgan fingerprint density at radius 1 is 1.00 bits per heavy atom. The first-order valence-electron chi connectivity index (χ1n) is 14.4. The largest absolute Gasteiger partial charge is 0.493 e. The van der Waals surface area contributed by atoms with E-state index in [2.05, 4.69) is 15.6 Å². The number of benzene rings is 2. The fraction of sp³-hybridized carbons (Fsp3) is 0.364. The number of carbonyl (C=O) groups excluding carboxylic acids is 3. The van der Waals surface area contributed by atoms with Crippen molar-refractivity contribution in [3.05, 3.63) is 76.1 Å². The summed E-state index contributed by atoms with van der Waals surface area (Å²) in [7, 11) is 4.85. The van der Waals surface area contributed by atoms with E-state index in [1.165, 1.54) is 0 Å². The van der Waals surface area contributed by atoms with Crippen LogP contribution in [0.5, 0.6) is 11.5 Å². The van der Waals surface area contributed by atoms with E-state index in [0.29, 0.717) is 48.6 Å². The number of methoxy groups -OCH3 is 2. The van der Waals surface area contributed by atoms with Gasteiger partial charge < -0.3 is 34.7 Å². The number of hydrogen-bond acceptors (Lipinski definition) is 7. The molecule has 0 aliphatic rings. The molecule has 0 bridgehead atoms. The predicted molar refractivity (Wildman–Crippen MR) is 173 cm³/mol. The first kappa shape index (κ1) is 32.4. The first-order valence-corrected chi connectivity index (χ1v) is 15.3. The third-order valence-corrected chi connectivity index (χ3v) is 7.77. The standard InChI is InChI=1S/C33H40N4O6S/c1-33(2,3)43-32(40)36-27(20-25-10-8-16-44-25)31(39)37(4)15-7-9-23-18-22-17-21(11-13-26(22)34-23)30(38)35-24-12-14-28(41-5)29(19-24)42-6/h8,10-14,16-19,27,34H,7,9,15,20H2,1-6H3,(H,35,38)(H,36,40)/t27-/m0/s1. The zero-order valence-corrected chi connectivity index (χ0v) is 26.8. The van der Waals surface area contributed by atoms with Gasteiger partial charge in [0, 0.05) is 58.8 Å². The van der Waals surface area contributed by atoms with Crippen LogP contribution in [0, 0.1) is 0 Å². The van der Waals surface area contributed by atoms with Crippen molar-refractivity contribution in [1.29, 1.82) is 0 Å². The molecule has 1 atom stereocenters. The van der Waals surface area contributed by atoms with Crippen LogP contribution in [0.25, 0.3) is 10.9 Å². The third kappa shape index (κ3) is 8.76. The Balaban J connectivity index is 1.35. The Kier molecular flexibility index (Phi) is 10.5. The summed E-state index contributed by atoms with van der Waals surface area (Å²) in [5.74, 6) is 0.698. The van der Waals surface area contributed by atoms with E-state index in [-0.39, 0.29) is 11.8 Å². The minimum Gasteiger partial charge on any atom is -0.493 e. The molecule has 0 aliphatic carbocycles. The summed E-state index contributed by atoms with van der Waals surface area (Å²) in [6.07, 6.45) is 1.19. The molecule has 3 N–H and O–H groups in total. The summed E-state index contributed by atoms with van der Waals surface area (Å²) >= 11 is 1.54. The molecule has 0 radical (unpaired) electrons. The fourth-order valence-corrected chi connectivity index (χ4v) is 5.50. The number of nitrogens with one attached hydrogen (secondary N) is 3. The summed E-state index contributed by atoms with van der Waals surface area (Å²) in [6.45, 7) is 5.86. The lowest BCUT2D eigenvalue weighted by molar-refractivity contribution is -0.132. The number of amides is 3. The highest BCUT2D eigenvalue weighted by molar-refractivity contribution is 7.09. The van der Waals surface area contributed by atoms with Crippen LogP contribution >= 0.6 is 11.3 Å². The molecule has 0 saturated carbocycles. The number of hydrogen-bond donors (Lipinski definition) is 3. The Labute approximate surface area is 261 Å². The number of H-pyrrole nitrogens is 1. The second-order valence-electron chi connectivity index (χ2n) is 11.5. The summed E-state index contributed by atoms with van der Waals surface area (Å²) in [5.41, 5.74) is 2.38. The normalized spacial score (nSPS) is 12.0. The molecule has 2 aromatic carbocycles. The number of nitrogens with zero attached hydrogens (tertiary/aromatic N) is 1. The van der Waals surface area contributed by atoms with Crippen molar-refractivity contribution < 1.29 is 28.6 Å². The number of fused-ring (bicyclic) bond motifs is 1. The quantitative estimate of drug-likeness (QED) is 0.178. The molecule has 0 fully saturated rings. The van der Waals surface area contributed by atoms with E-state index in [0.717, 1.165) is 21.5 Å². The smallest absolute Gasteiger partial charge is 0.408 e. The lowest BCUT2D eigenvalue weighted by Gasteiger charge is -2.26. The SMILES string of the molecule is COc1ccc(NC(=O)c2ccc3[nH]c(CCCN(C)C(=O)[C@H](Cc4cccs4)NC(=O)OC(C)(C)C)cc3c2)cc1OC. The lowest BCUT2D eigenvalue weighted by Crippen LogP contribution is -2.50. The molecule has 2 heterocycles. The minimum absolute atomic E-state index is 0.175. The molecule has 11 heteroatoms. The lowest BCUT2D eigenvalue weighted by atomic mass is 10.1. The van der Waals surface area contributed by atoms with E-state index in [1.54, 1.807) is 82.5 Å². The Morgan fingerprint density at radius 2 is 1.77 bits per heavy atom. The summed E-state index contributed by atoms with van der Waals surface area (Å²) in [5, 5.41) is 8.53. The molecule has 3 amide bonds. The van der Waals surface area contributed by atoms with E-state index in [9.17, 15) is 14.4 Å². The van der Waals surface area contributed by atoms with Gasteiger partial charge in [-0.25, -0.2) is 4.79 Å². The molecule has 0 aliphatic heterocycles. The Hall–Kier alpha value is -4.51. The topological polar surface area (TPSA) is 122 Å². The maximum absolute atomic E-state index is 13.4. The van der Waals surface area contributed by atoms with Crippen LogP contribution in [-0.2, 0) is 22.4 Å². The van der Waals surface area contributed by atoms with Gasteiger partial charge in [-0.3, -0.25) is 9.59 Å². The highest BCUT2D eigenvalue weighted by Gasteiger charge is 2.27. The number of aromatic nitrogens is 1. The third-order valence-electron chi connectivity index (χ3n) is 6.87. The molecular weight excluding hydrogens is 580 g/mol. The number of carbonyl (C=O) groups is 3. The minimum atomic E-state index is -0.731. The molecule has 44 heavy (non-hydrogen) atoms. The van der Waals surface area contributed by atoms with E-state index in [4.69, 9.17) is 14.2 Å². The fourth-order valence-electron chi connectivity index (χ4n) is 4.75. The van der Waals surface area contributed by atoms with Gasteiger partial charge in [0.1, 0.15) is 11.6 Å². The highest BCUT2D eigenvalue weighted by Crippen LogP contribution is 2.30. The highest BCUT2D eigenvalue weighted by atomic mass is 32.1. The summed E-state index contributed by atoms with van der Waals surface area (Å²) in [6, 6.07) is 15.9. The number of likely N-dealkylation sites (N-methyl/N-ethyl adjacent to an activating group) is 1. The number of thiophene rings is 1. The zero-order valence-electron chi connectivity index (χ0n) is 26.0. The van der Waals surface area contributed by atoms with Crippen molar-refractivity contribution in [3.63, 3.8) is 0 Å². The average molecular weight is 621 g/mol. The average Bonchev–Trinajstić information content (AvgIpc) is 3.64. The maximum atomic E-state index is 13.4. The van der Waals surface area contributed by atoms with Crippen molar-refractivity contribution in [3.8, 4) is 11.5 Å². The Bertz CT molecular complexity index is 1590. The molecular formula is C33H40N4O6S. The van der Waals surface area contributed by atoms with Crippen LogP contribution < -0.4 is 20.1 Å². The van der Waals surface area contributed by atoms with Crippen LogP contribution in [0.4, 0.5) is 10.5 Å². The van der Waals surface area contributed by atoms with Gasteiger partial charge in [0.2, 0.25) is 5.91 Å². The number of ether oxygens (including phenoxy) is 3. The second kappa shape index (κ2) is 14.3. The van der Waals surface area contributed by atoms with E-state index < -0.39 is 17.7 Å². The van der Waals surface area contributed by atoms with Crippen molar-refractivity contribution in [2.75, 3.05) is 33.1 Å². The molecule has 4 aromatic rings. The van der Waals surface area contributed by atoms with Gasteiger partial charge in [0.15, 0.2) is 11.5 Å². The van der Waals surface area contributed by atoms with Gasteiger partial charge >= 0.3 is 6.09 Å². The Morgan fingerprint density at radius 3 is 2.45 bits per heavy atom. The van der Waals surface area contributed by atoms with Crippen LogP contribution in [-0.4, -0.2) is 67.2 Å². The predicted octanol–water partition coefficient (Wildman–Crippen LogP) is 6.03.